The molecule has 0 unspecified atom stereocenters. The molecule has 0 bridgehead atoms. The Morgan fingerprint density at radius 3 is 2.60 bits per heavy atom. The van der Waals surface area contributed by atoms with E-state index in [1.165, 1.54) is 56.5 Å². The number of halogens is 1. The zero-order valence-corrected chi connectivity index (χ0v) is 18.6. The van der Waals surface area contributed by atoms with Crippen molar-refractivity contribution in [2.75, 3.05) is 20.1 Å². The molecule has 0 spiro atoms. The molecule has 2 aliphatic rings. The van der Waals surface area contributed by atoms with Crippen molar-refractivity contribution in [1.29, 1.82) is 0 Å². The van der Waals surface area contributed by atoms with E-state index in [2.05, 4.69) is 32.4 Å². The van der Waals surface area contributed by atoms with E-state index in [0.29, 0.717) is 6.04 Å². The predicted octanol–water partition coefficient (Wildman–Crippen LogP) is 3.40. The van der Waals surface area contributed by atoms with Crippen molar-refractivity contribution in [3.05, 3.63) is 16.1 Å². The highest BCUT2D eigenvalue weighted by molar-refractivity contribution is 14.0. The van der Waals surface area contributed by atoms with Gasteiger partial charge in [0.15, 0.2) is 5.96 Å². The van der Waals surface area contributed by atoms with E-state index >= 15 is 0 Å². The number of aryl methyl sites for hydroxylation is 1. The summed E-state index contributed by atoms with van der Waals surface area (Å²) in [6, 6.07) is 1.40. The Hall–Kier alpha value is -0.410. The molecule has 0 atom stereocenters. The topological polar surface area (TPSA) is 52.6 Å². The van der Waals surface area contributed by atoms with Gasteiger partial charge in [-0.05, 0) is 32.1 Å². The fourth-order valence-corrected chi connectivity index (χ4v) is 4.62. The van der Waals surface area contributed by atoms with Crippen LogP contribution in [0.3, 0.4) is 0 Å². The number of nitrogens with one attached hydrogen (secondary N) is 2. The van der Waals surface area contributed by atoms with Gasteiger partial charge in [-0.1, -0.05) is 19.8 Å². The number of likely N-dealkylation sites (tertiary alicyclic amines) is 1. The van der Waals surface area contributed by atoms with Crippen molar-refractivity contribution < 1.29 is 0 Å². The van der Waals surface area contributed by atoms with Crippen molar-refractivity contribution in [3.63, 3.8) is 0 Å². The number of rotatable bonds is 5. The van der Waals surface area contributed by atoms with Crippen LogP contribution < -0.4 is 10.6 Å². The molecule has 2 fully saturated rings. The Kier molecular flexibility index (Phi) is 8.92. The molecule has 2 heterocycles. The van der Waals surface area contributed by atoms with Gasteiger partial charge in [0.2, 0.25) is 0 Å². The van der Waals surface area contributed by atoms with Crippen LogP contribution in [0.4, 0.5) is 0 Å². The van der Waals surface area contributed by atoms with Crippen molar-refractivity contribution in [2.24, 2.45) is 4.99 Å². The predicted molar refractivity (Wildman–Crippen MR) is 117 cm³/mol. The summed E-state index contributed by atoms with van der Waals surface area (Å²) in [5.74, 6) is 0.905. The molecule has 0 amide bonds. The fraction of sp³-hybridized carbons (Fsp3) is 0.778. The van der Waals surface area contributed by atoms with Crippen LogP contribution in [0.5, 0.6) is 0 Å². The number of aliphatic imine (C=N–C) groups is 1. The number of hydrogen-bond acceptors (Lipinski definition) is 4. The highest BCUT2D eigenvalue weighted by atomic mass is 127. The Balaban J connectivity index is 0.00000225. The monoisotopic (exact) mass is 477 g/mol. The molecule has 7 heteroatoms. The molecule has 0 aromatic carbocycles. The van der Waals surface area contributed by atoms with Crippen LogP contribution in [0.15, 0.2) is 11.2 Å². The van der Waals surface area contributed by atoms with Crippen molar-refractivity contribution in [2.45, 2.75) is 70.5 Å². The quantitative estimate of drug-likeness (QED) is 0.388. The lowest BCUT2D eigenvalue weighted by atomic mass is 10.0. The summed E-state index contributed by atoms with van der Waals surface area (Å²) in [4.78, 5) is 12.9. The molecule has 5 nitrogen and oxygen atoms in total. The van der Waals surface area contributed by atoms with E-state index in [9.17, 15) is 0 Å². The summed E-state index contributed by atoms with van der Waals surface area (Å²) in [5.41, 5.74) is 0. The number of piperidine rings is 1. The van der Waals surface area contributed by atoms with Crippen molar-refractivity contribution >= 4 is 41.3 Å². The van der Waals surface area contributed by atoms with Crippen molar-refractivity contribution in [1.82, 2.24) is 20.5 Å². The third kappa shape index (κ3) is 6.06. The largest absolute Gasteiger partial charge is 0.354 e. The number of guanidine groups is 1. The smallest absolute Gasteiger partial charge is 0.191 e. The van der Waals surface area contributed by atoms with Gasteiger partial charge in [-0.3, -0.25) is 4.99 Å². The first-order valence-electron chi connectivity index (χ1n) is 9.43. The van der Waals surface area contributed by atoms with Gasteiger partial charge in [-0.15, -0.1) is 35.3 Å². The summed E-state index contributed by atoms with van der Waals surface area (Å²) >= 11 is 1.78. The second-order valence-electron chi connectivity index (χ2n) is 6.89. The molecule has 1 aliphatic carbocycles. The number of thiazole rings is 1. The molecule has 1 aromatic rings. The van der Waals surface area contributed by atoms with Gasteiger partial charge in [-0.25, -0.2) is 4.98 Å². The van der Waals surface area contributed by atoms with Crippen LogP contribution in [0.2, 0.25) is 0 Å². The first-order valence-corrected chi connectivity index (χ1v) is 10.2. The molecule has 2 N–H and O–H groups in total. The minimum Gasteiger partial charge on any atom is -0.354 e. The first kappa shape index (κ1) is 20.9. The second kappa shape index (κ2) is 10.7. The number of hydrogen-bond donors (Lipinski definition) is 2. The minimum absolute atomic E-state index is 0. The highest BCUT2D eigenvalue weighted by Gasteiger charge is 2.27. The molecule has 1 saturated heterocycles. The van der Waals surface area contributed by atoms with E-state index in [4.69, 9.17) is 0 Å². The zero-order chi connectivity index (χ0) is 16.8. The Morgan fingerprint density at radius 2 is 2.00 bits per heavy atom. The lowest BCUT2D eigenvalue weighted by molar-refractivity contribution is 0.150. The molecule has 1 aliphatic heterocycles. The van der Waals surface area contributed by atoms with E-state index in [0.717, 1.165) is 30.0 Å². The molecule has 1 saturated carbocycles. The average Bonchev–Trinajstić information content (AvgIpc) is 3.30. The van der Waals surface area contributed by atoms with Crippen molar-refractivity contribution in [3.8, 4) is 0 Å². The van der Waals surface area contributed by atoms with Crippen LogP contribution >= 0.6 is 35.3 Å². The lowest BCUT2D eigenvalue weighted by Crippen LogP contribution is -2.50. The van der Waals surface area contributed by atoms with Crippen LogP contribution in [0.25, 0.3) is 0 Å². The molecular weight excluding hydrogens is 445 g/mol. The lowest BCUT2D eigenvalue weighted by Gasteiger charge is -2.36. The zero-order valence-electron chi connectivity index (χ0n) is 15.5. The summed E-state index contributed by atoms with van der Waals surface area (Å²) in [5, 5.41) is 8.14. The third-order valence-electron chi connectivity index (χ3n) is 5.29. The molecule has 3 rings (SSSR count). The highest BCUT2D eigenvalue weighted by Crippen LogP contribution is 2.26. The van der Waals surface area contributed by atoms with Crippen LogP contribution in [-0.2, 0) is 13.0 Å². The summed E-state index contributed by atoms with van der Waals surface area (Å²) in [7, 11) is 1.85. The Morgan fingerprint density at radius 1 is 1.28 bits per heavy atom. The maximum atomic E-state index is 4.46. The van der Waals surface area contributed by atoms with Crippen LogP contribution in [0, 0.1) is 0 Å². The average molecular weight is 477 g/mol. The second-order valence-corrected chi connectivity index (χ2v) is 8.09. The molecule has 0 radical (unpaired) electrons. The summed E-state index contributed by atoms with van der Waals surface area (Å²) < 4.78 is 0. The maximum absolute atomic E-state index is 4.46. The van der Waals surface area contributed by atoms with E-state index < -0.39 is 0 Å². The van der Waals surface area contributed by atoms with Gasteiger partial charge in [0.05, 0.1) is 6.54 Å². The third-order valence-corrected chi connectivity index (χ3v) is 6.43. The minimum atomic E-state index is 0. The molecule has 142 valence electrons. The Bertz CT molecular complexity index is 533. The van der Waals surface area contributed by atoms with Crippen LogP contribution in [-0.4, -0.2) is 48.1 Å². The SMILES string of the molecule is CCc1cnc(CNC(=NC)NC2CCN(C3CCCC3)CC2)s1.I. The van der Waals surface area contributed by atoms with Crippen LogP contribution in [0.1, 0.15) is 55.3 Å². The first-order chi connectivity index (χ1) is 11.8. The summed E-state index contributed by atoms with van der Waals surface area (Å²) in [6.45, 7) is 5.38. The molecule has 25 heavy (non-hydrogen) atoms. The fourth-order valence-electron chi connectivity index (χ4n) is 3.82. The number of aromatic nitrogens is 1. The maximum Gasteiger partial charge on any atom is 0.191 e. The number of nitrogens with zero attached hydrogens (tertiary/aromatic N) is 3. The van der Waals surface area contributed by atoms with Gasteiger partial charge in [0.25, 0.3) is 0 Å². The Labute approximate surface area is 173 Å². The van der Waals surface area contributed by atoms with Gasteiger partial charge in [0.1, 0.15) is 5.01 Å². The van der Waals surface area contributed by atoms with E-state index in [1.807, 2.05) is 13.2 Å². The normalized spacial score (nSPS) is 20.5. The molecule has 1 aromatic heterocycles. The van der Waals surface area contributed by atoms with Gasteiger partial charge < -0.3 is 15.5 Å². The van der Waals surface area contributed by atoms with Gasteiger partial charge in [-0.2, -0.15) is 0 Å². The molecular formula is C18H32IN5S. The summed E-state index contributed by atoms with van der Waals surface area (Å²) in [6.07, 6.45) is 11.2. The standard InChI is InChI=1S/C18H31N5S.HI/c1-3-16-12-20-17(24-16)13-21-18(19-2)22-14-8-10-23(11-9-14)15-6-4-5-7-15;/h12,14-15H,3-11,13H2,1-2H3,(H2,19,21,22);1H. The van der Waals surface area contributed by atoms with E-state index in [-0.39, 0.29) is 24.0 Å². The van der Waals surface area contributed by atoms with Gasteiger partial charge in [0, 0.05) is 43.3 Å². The van der Waals surface area contributed by atoms with Gasteiger partial charge >= 0.3 is 0 Å². The van der Waals surface area contributed by atoms with E-state index in [1.54, 1.807) is 11.3 Å².